The quantitative estimate of drug-likeness (QED) is 0.304. The molecule has 196 valence electrons. The highest BCUT2D eigenvalue weighted by atomic mass is 15.6. The number of rotatable bonds is 7. The van der Waals surface area contributed by atoms with Gasteiger partial charge in [0.05, 0.1) is 0 Å². The van der Waals surface area contributed by atoms with Gasteiger partial charge in [0.1, 0.15) is 0 Å². The van der Waals surface area contributed by atoms with Crippen molar-refractivity contribution in [2.45, 2.75) is 51.1 Å². The Kier molecular flexibility index (Phi) is 7.25. The molecule has 6 rings (SSSR count). The minimum atomic E-state index is 0.482. The Balaban J connectivity index is 1.04. The molecular formula is C32H38N6. The maximum atomic E-state index is 4.43. The Hall–Kier alpha value is -3.48. The zero-order valence-electron chi connectivity index (χ0n) is 22.4. The Morgan fingerprint density at radius 1 is 0.763 bits per heavy atom. The van der Waals surface area contributed by atoms with Gasteiger partial charge in [-0.3, -0.25) is 9.97 Å². The molecule has 2 aromatic carbocycles. The van der Waals surface area contributed by atoms with Crippen LogP contribution in [0.15, 0.2) is 67.8 Å². The minimum Gasteiger partial charge on any atom is -0.382 e. The number of nitrogens with zero attached hydrogens (tertiary/aromatic N) is 4. The molecule has 2 N–H and O–H groups in total. The van der Waals surface area contributed by atoms with Gasteiger partial charge in [0.15, 0.2) is 0 Å². The van der Waals surface area contributed by atoms with Crippen molar-refractivity contribution in [2.24, 2.45) is 0 Å². The van der Waals surface area contributed by atoms with Crippen molar-refractivity contribution in [2.75, 3.05) is 36.8 Å². The molecule has 0 saturated carbocycles. The lowest BCUT2D eigenvalue weighted by molar-refractivity contribution is -0.0553. The van der Waals surface area contributed by atoms with Crippen molar-refractivity contribution < 1.29 is 0 Å². The predicted octanol–water partition coefficient (Wildman–Crippen LogP) is 6.36. The van der Waals surface area contributed by atoms with Crippen LogP contribution in [0.2, 0.25) is 0 Å². The van der Waals surface area contributed by atoms with E-state index in [1.807, 2.05) is 30.9 Å². The van der Waals surface area contributed by atoms with E-state index >= 15 is 0 Å². The lowest BCUT2D eigenvalue weighted by Gasteiger charge is -2.43. The lowest BCUT2D eigenvalue weighted by Crippen LogP contribution is -2.53. The number of benzene rings is 2. The molecule has 2 fully saturated rings. The van der Waals surface area contributed by atoms with Crippen LogP contribution in [-0.2, 0) is 6.42 Å². The summed E-state index contributed by atoms with van der Waals surface area (Å²) in [6.45, 7) is 10.6. The summed E-state index contributed by atoms with van der Waals surface area (Å²) >= 11 is 0. The summed E-state index contributed by atoms with van der Waals surface area (Å²) in [6.07, 6.45) is 15.4. The number of nitrogens with one attached hydrogen (secondary N) is 2. The number of aromatic nitrogens is 2. The summed E-state index contributed by atoms with van der Waals surface area (Å²) in [5.74, 6) is 0. The second kappa shape index (κ2) is 11.1. The zero-order valence-corrected chi connectivity index (χ0v) is 22.4. The molecule has 0 bridgehead atoms. The van der Waals surface area contributed by atoms with Crippen molar-refractivity contribution in [1.29, 1.82) is 0 Å². The van der Waals surface area contributed by atoms with Crippen LogP contribution in [-0.4, -0.2) is 58.2 Å². The maximum Gasteiger partial charge on any atom is 0.0429 e. The van der Waals surface area contributed by atoms with Gasteiger partial charge >= 0.3 is 0 Å². The Morgan fingerprint density at radius 2 is 1.29 bits per heavy atom. The number of hydrazine groups is 1. The first kappa shape index (κ1) is 24.8. The number of aryl methyl sites for hydroxylation is 1. The van der Waals surface area contributed by atoms with Crippen LogP contribution < -0.4 is 10.6 Å². The number of anilines is 2. The first-order valence-electron chi connectivity index (χ1n) is 14.1. The van der Waals surface area contributed by atoms with Crippen LogP contribution in [0.5, 0.6) is 0 Å². The van der Waals surface area contributed by atoms with E-state index in [1.54, 1.807) is 0 Å². The molecule has 6 nitrogen and oxygen atoms in total. The fraction of sp³-hybridized carbons (Fsp3) is 0.375. The molecule has 2 aliphatic heterocycles. The highest BCUT2D eigenvalue weighted by Gasteiger charge is 2.28. The van der Waals surface area contributed by atoms with Gasteiger partial charge in [-0.25, -0.2) is 10.0 Å². The van der Waals surface area contributed by atoms with E-state index in [1.165, 1.54) is 33.1 Å². The van der Waals surface area contributed by atoms with Gasteiger partial charge in [0.2, 0.25) is 0 Å². The van der Waals surface area contributed by atoms with E-state index < -0.39 is 0 Å². The average molecular weight is 507 g/mol. The maximum absolute atomic E-state index is 4.43. The largest absolute Gasteiger partial charge is 0.382 e. The molecule has 2 aliphatic rings. The van der Waals surface area contributed by atoms with Crippen molar-refractivity contribution >= 4 is 39.0 Å². The van der Waals surface area contributed by atoms with E-state index in [9.17, 15) is 0 Å². The number of hydrogen-bond donors (Lipinski definition) is 2. The summed E-state index contributed by atoms with van der Waals surface area (Å²) in [5, 5.41) is 17.9. The summed E-state index contributed by atoms with van der Waals surface area (Å²) < 4.78 is 0. The van der Waals surface area contributed by atoms with Crippen molar-refractivity contribution in [3.05, 3.63) is 78.9 Å². The second-order valence-electron chi connectivity index (χ2n) is 10.6. The molecule has 0 amide bonds. The van der Waals surface area contributed by atoms with E-state index in [0.29, 0.717) is 12.1 Å². The number of fused-ring (bicyclic) bond motifs is 2. The second-order valence-corrected chi connectivity index (χ2v) is 10.6. The van der Waals surface area contributed by atoms with Gasteiger partial charge in [0.25, 0.3) is 0 Å². The molecule has 38 heavy (non-hydrogen) atoms. The van der Waals surface area contributed by atoms with E-state index in [0.717, 1.165) is 69.2 Å². The first-order valence-corrected chi connectivity index (χ1v) is 14.1. The van der Waals surface area contributed by atoms with E-state index in [-0.39, 0.29) is 0 Å². The average Bonchev–Trinajstić information content (AvgIpc) is 2.97. The summed E-state index contributed by atoms with van der Waals surface area (Å²) in [7, 11) is 0. The third-order valence-electron chi connectivity index (χ3n) is 8.34. The van der Waals surface area contributed by atoms with Crippen molar-refractivity contribution in [1.82, 2.24) is 20.0 Å². The zero-order chi connectivity index (χ0) is 25.9. The minimum absolute atomic E-state index is 0.482. The molecule has 0 aliphatic carbocycles. The van der Waals surface area contributed by atoms with Crippen LogP contribution >= 0.6 is 0 Å². The fourth-order valence-corrected chi connectivity index (χ4v) is 6.26. The Bertz CT molecular complexity index is 1410. The molecule has 0 radical (unpaired) electrons. The molecular weight excluding hydrogens is 468 g/mol. The molecule has 2 saturated heterocycles. The van der Waals surface area contributed by atoms with E-state index in [4.69, 9.17) is 0 Å². The van der Waals surface area contributed by atoms with Gasteiger partial charge in [-0.15, -0.1) is 0 Å². The molecule has 2 aromatic heterocycles. The molecule has 6 heteroatoms. The first-order chi connectivity index (χ1) is 18.7. The van der Waals surface area contributed by atoms with E-state index in [2.05, 4.69) is 80.5 Å². The van der Waals surface area contributed by atoms with Crippen LogP contribution in [0.25, 0.3) is 27.6 Å². The van der Waals surface area contributed by atoms with Crippen molar-refractivity contribution in [3.63, 3.8) is 0 Å². The number of piperidine rings is 2. The molecule has 4 heterocycles. The monoisotopic (exact) mass is 506 g/mol. The molecule has 4 aromatic rings. The lowest BCUT2D eigenvalue weighted by atomic mass is 10.0. The van der Waals surface area contributed by atoms with Gasteiger partial charge in [-0.2, -0.15) is 0 Å². The standard InChI is InChI=1S/C32H38N6/c1-3-23-19-33-21-25-7-5-9-29(31(23)25)35-27-11-15-37(16-12-27)38-17-13-28(14-18-38)36-30-10-6-8-26-22-34-20-24(4-2)32(26)30/h3,5-10,19-22,27-28,35-36H,1,4,11-18H2,2H3. The van der Waals surface area contributed by atoms with Crippen LogP contribution in [0.1, 0.15) is 43.7 Å². The van der Waals surface area contributed by atoms with Gasteiger partial charge in [0, 0.05) is 102 Å². The summed E-state index contributed by atoms with van der Waals surface area (Å²) in [6, 6.07) is 14.0. The third kappa shape index (κ3) is 4.98. The highest BCUT2D eigenvalue weighted by molar-refractivity contribution is 5.99. The van der Waals surface area contributed by atoms with Gasteiger partial charge < -0.3 is 10.6 Å². The summed E-state index contributed by atoms with van der Waals surface area (Å²) in [5.41, 5.74) is 4.86. The number of pyridine rings is 2. The van der Waals surface area contributed by atoms with Gasteiger partial charge in [-0.05, 0) is 49.8 Å². The fourth-order valence-electron chi connectivity index (χ4n) is 6.26. The Labute approximate surface area is 225 Å². The van der Waals surface area contributed by atoms with Crippen LogP contribution in [0.4, 0.5) is 11.4 Å². The molecule has 0 atom stereocenters. The van der Waals surface area contributed by atoms with Crippen LogP contribution in [0, 0.1) is 0 Å². The summed E-state index contributed by atoms with van der Waals surface area (Å²) in [4.78, 5) is 8.80. The molecule has 0 unspecified atom stereocenters. The SMILES string of the molecule is C=Cc1cncc2cccc(NC3CCN(N4CCC(Nc5cccc6cncc(CC)c56)CC4)CC3)c12. The third-order valence-corrected chi connectivity index (χ3v) is 8.34. The van der Waals surface area contributed by atoms with Crippen LogP contribution in [0.3, 0.4) is 0 Å². The highest BCUT2D eigenvalue weighted by Crippen LogP contribution is 2.31. The predicted molar refractivity (Wildman–Crippen MR) is 159 cm³/mol. The number of hydrogen-bond acceptors (Lipinski definition) is 6. The Morgan fingerprint density at radius 3 is 1.84 bits per heavy atom. The topological polar surface area (TPSA) is 56.3 Å². The normalized spacial score (nSPS) is 18.1. The van der Waals surface area contributed by atoms with Gasteiger partial charge in [-0.1, -0.05) is 43.8 Å². The van der Waals surface area contributed by atoms with Crippen molar-refractivity contribution in [3.8, 4) is 0 Å². The smallest absolute Gasteiger partial charge is 0.0429 e. The molecule has 0 spiro atoms.